The number of hydrogen-bond donors (Lipinski definition) is 1. The van der Waals surface area contributed by atoms with Gasteiger partial charge in [0.25, 0.3) is 0 Å². The van der Waals surface area contributed by atoms with Crippen LogP contribution in [0, 0.1) is 17.6 Å². The molecule has 1 saturated carbocycles. The molecular weight excluding hydrogens is 258 g/mol. The molecule has 1 aromatic rings. The number of rotatable bonds is 4. The Morgan fingerprint density at radius 2 is 2.10 bits per heavy atom. The summed E-state index contributed by atoms with van der Waals surface area (Å²) in [7, 11) is 0. The summed E-state index contributed by atoms with van der Waals surface area (Å²) >= 11 is 0. The highest BCUT2D eigenvalue weighted by Crippen LogP contribution is 2.34. The Kier molecular flexibility index (Phi) is 4.03. The van der Waals surface area contributed by atoms with Crippen LogP contribution in [0.25, 0.3) is 0 Å². The molecule has 20 heavy (non-hydrogen) atoms. The van der Waals surface area contributed by atoms with E-state index in [4.69, 9.17) is 0 Å². The van der Waals surface area contributed by atoms with Gasteiger partial charge in [0.1, 0.15) is 11.6 Å². The van der Waals surface area contributed by atoms with Gasteiger partial charge in [0.2, 0.25) is 0 Å². The van der Waals surface area contributed by atoms with Crippen molar-refractivity contribution in [3.8, 4) is 0 Å². The highest BCUT2D eigenvalue weighted by atomic mass is 19.1. The number of halogens is 2. The zero-order valence-electron chi connectivity index (χ0n) is 11.9. The van der Waals surface area contributed by atoms with Crippen LogP contribution in [0.15, 0.2) is 18.2 Å². The first kappa shape index (κ1) is 14.0. The molecule has 1 heterocycles. The highest BCUT2D eigenvalue weighted by molar-refractivity contribution is 5.18. The van der Waals surface area contributed by atoms with Crippen LogP contribution in [0.1, 0.15) is 31.7 Å². The summed E-state index contributed by atoms with van der Waals surface area (Å²) in [6.45, 7) is 4.69. The van der Waals surface area contributed by atoms with E-state index in [-0.39, 0.29) is 0 Å². The first-order valence-corrected chi connectivity index (χ1v) is 7.58. The molecule has 1 N–H and O–H groups in total. The maximum Gasteiger partial charge on any atom is 0.130 e. The minimum Gasteiger partial charge on any atom is -0.311 e. The predicted octanol–water partition coefficient (Wildman–Crippen LogP) is 2.93. The minimum atomic E-state index is -0.505. The topological polar surface area (TPSA) is 15.3 Å². The Hall–Kier alpha value is -1.00. The van der Waals surface area contributed by atoms with Gasteiger partial charge in [0.15, 0.2) is 0 Å². The maximum absolute atomic E-state index is 13.8. The van der Waals surface area contributed by atoms with Gasteiger partial charge in [-0.05, 0) is 31.2 Å². The molecule has 2 nitrogen and oxygen atoms in total. The van der Waals surface area contributed by atoms with Gasteiger partial charge in [-0.15, -0.1) is 0 Å². The van der Waals surface area contributed by atoms with Crippen molar-refractivity contribution in [2.75, 3.05) is 13.1 Å². The number of nitrogens with one attached hydrogen (secondary N) is 1. The average molecular weight is 280 g/mol. The fourth-order valence-corrected chi connectivity index (χ4v) is 3.16. The van der Waals surface area contributed by atoms with Crippen molar-refractivity contribution in [2.45, 2.75) is 44.8 Å². The molecule has 0 amide bonds. The Bertz CT molecular complexity index is 474. The smallest absolute Gasteiger partial charge is 0.130 e. The number of benzene rings is 1. The monoisotopic (exact) mass is 280 g/mol. The van der Waals surface area contributed by atoms with Gasteiger partial charge in [-0.25, -0.2) is 8.78 Å². The summed E-state index contributed by atoms with van der Waals surface area (Å²) < 4.78 is 26.8. The molecule has 2 fully saturated rings. The van der Waals surface area contributed by atoms with E-state index >= 15 is 0 Å². The SMILES string of the molecule is CCC1CNC(C2CC2)CN1Cc1ccc(F)cc1F. The zero-order chi connectivity index (χ0) is 14.1. The lowest BCUT2D eigenvalue weighted by Gasteiger charge is -2.40. The molecule has 0 spiro atoms. The molecule has 2 atom stereocenters. The number of hydrogen-bond acceptors (Lipinski definition) is 2. The van der Waals surface area contributed by atoms with E-state index in [1.165, 1.54) is 18.9 Å². The third-order valence-corrected chi connectivity index (χ3v) is 4.61. The van der Waals surface area contributed by atoms with Crippen molar-refractivity contribution in [2.24, 2.45) is 5.92 Å². The molecule has 1 saturated heterocycles. The van der Waals surface area contributed by atoms with E-state index < -0.39 is 11.6 Å². The van der Waals surface area contributed by atoms with Gasteiger partial charge in [-0.3, -0.25) is 4.90 Å². The van der Waals surface area contributed by atoms with E-state index in [0.29, 0.717) is 24.2 Å². The fourth-order valence-electron chi connectivity index (χ4n) is 3.16. The molecule has 2 unspecified atom stereocenters. The summed E-state index contributed by atoms with van der Waals surface area (Å²) in [5, 5.41) is 3.63. The fraction of sp³-hybridized carbons (Fsp3) is 0.625. The van der Waals surface area contributed by atoms with Crippen molar-refractivity contribution >= 4 is 0 Å². The number of piperazine rings is 1. The predicted molar refractivity (Wildman–Crippen MR) is 75.4 cm³/mol. The van der Waals surface area contributed by atoms with Gasteiger partial charge in [-0.1, -0.05) is 13.0 Å². The highest BCUT2D eigenvalue weighted by Gasteiger charge is 2.36. The summed E-state index contributed by atoms with van der Waals surface area (Å²) in [5.41, 5.74) is 0.598. The molecule has 0 bridgehead atoms. The molecular formula is C16H22F2N2. The maximum atomic E-state index is 13.8. The van der Waals surface area contributed by atoms with Crippen LogP contribution in [-0.2, 0) is 6.54 Å². The third kappa shape index (κ3) is 3.01. The van der Waals surface area contributed by atoms with Crippen molar-refractivity contribution in [3.63, 3.8) is 0 Å². The molecule has 110 valence electrons. The van der Waals surface area contributed by atoms with E-state index in [9.17, 15) is 8.78 Å². The van der Waals surface area contributed by atoms with E-state index in [1.807, 2.05) is 0 Å². The quantitative estimate of drug-likeness (QED) is 0.912. The van der Waals surface area contributed by atoms with E-state index in [1.54, 1.807) is 6.07 Å². The van der Waals surface area contributed by atoms with Gasteiger partial charge in [0, 0.05) is 43.3 Å². The average Bonchev–Trinajstić information content (AvgIpc) is 3.26. The summed E-state index contributed by atoms with van der Waals surface area (Å²) in [5.74, 6) is -0.135. The first-order chi connectivity index (χ1) is 9.67. The van der Waals surface area contributed by atoms with Gasteiger partial charge in [-0.2, -0.15) is 0 Å². The molecule has 3 rings (SSSR count). The van der Waals surface area contributed by atoms with Crippen LogP contribution < -0.4 is 5.32 Å². The van der Waals surface area contributed by atoms with Gasteiger partial charge >= 0.3 is 0 Å². The van der Waals surface area contributed by atoms with Gasteiger partial charge < -0.3 is 5.32 Å². The summed E-state index contributed by atoms with van der Waals surface area (Å²) in [4.78, 5) is 2.36. The van der Waals surface area contributed by atoms with E-state index in [0.717, 1.165) is 31.5 Å². The number of nitrogens with zero attached hydrogens (tertiary/aromatic N) is 1. The van der Waals surface area contributed by atoms with Crippen LogP contribution in [0.5, 0.6) is 0 Å². The van der Waals surface area contributed by atoms with Crippen LogP contribution in [0.3, 0.4) is 0 Å². The molecule has 2 aliphatic rings. The third-order valence-electron chi connectivity index (χ3n) is 4.61. The Labute approximate surface area is 119 Å². The summed E-state index contributed by atoms with van der Waals surface area (Å²) in [6, 6.07) is 4.89. The standard InChI is InChI=1S/C16H22F2N2/c1-2-14-8-19-16(11-3-4-11)10-20(14)9-12-5-6-13(17)7-15(12)18/h5-7,11,14,16,19H,2-4,8-10H2,1H3. The first-order valence-electron chi connectivity index (χ1n) is 7.58. The normalized spacial score (nSPS) is 27.8. The van der Waals surface area contributed by atoms with Crippen molar-refractivity contribution in [3.05, 3.63) is 35.4 Å². The van der Waals surface area contributed by atoms with E-state index in [2.05, 4.69) is 17.1 Å². The van der Waals surface area contributed by atoms with Gasteiger partial charge in [0.05, 0.1) is 0 Å². The van der Waals surface area contributed by atoms with Crippen LogP contribution in [-0.4, -0.2) is 30.1 Å². The lowest BCUT2D eigenvalue weighted by molar-refractivity contribution is 0.110. The zero-order valence-corrected chi connectivity index (χ0v) is 11.9. The lowest BCUT2D eigenvalue weighted by Crippen LogP contribution is -2.56. The van der Waals surface area contributed by atoms with Crippen molar-refractivity contribution < 1.29 is 8.78 Å². The molecule has 1 aromatic carbocycles. The second-order valence-electron chi connectivity index (χ2n) is 6.08. The lowest BCUT2D eigenvalue weighted by atomic mass is 10.0. The van der Waals surface area contributed by atoms with Crippen LogP contribution in [0.4, 0.5) is 8.78 Å². The molecule has 0 aromatic heterocycles. The second-order valence-corrected chi connectivity index (χ2v) is 6.08. The molecule has 4 heteroatoms. The minimum absolute atomic E-state index is 0.429. The van der Waals surface area contributed by atoms with Crippen molar-refractivity contribution in [1.82, 2.24) is 10.2 Å². The van der Waals surface area contributed by atoms with Crippen LogP contribution in [0.2, 0.25) is 0 Å². The molecule has 0 radical (unpaired) electrons. The largest absolute Gasteiger partial charge is 0.311 e. The Balaban J connectivity index is 1.71. The molecule has 1 aliphatic carbocycles. The summed E-state index contributed by atoms with van der Waals surface area (Å²) in [6.07, 6.45) is 3.67. The Morgan fingerprint density at radius 1 is 1.30 bits per heavy atom. The second kappa shape index (κ2) is 5.78. The molecule has 1 aliphatic heterocycles. The van der Waals surface area contributed by atoms with Crippen LogP contribution >= 0.6 is 0 Å². The van der Waals surface area contributed by atoms with Crippen molar-refractivity contribution in [1.29, 1.82) is 0 Å². The Morgan fingerprint density at radius 3 is 2.75 bits per heavy atom.